The first kappa shape index (κ1) is 19.8. The predicted octanol–water partition coefficient (Wildman–Crippen LogP) is 0.691. The predicted molar refractivity (Wildman–Crippen MR) is 94.2 cm³/mol. The number of likely N-dealkylation sites (N-methyl/N-ethyl adjacent to an activating group) is 1. The molecule has 0 spiro atoms. The molecule has 1 saturated heterocycles. The number of hydrogen-bond donors (Lipinski definition) is 0. The van der Waals surface area contributed by atoms with Crippen molar-refractivity contribution >= 4 is 5.91 Å². The highest BCUT2D eigenvalue weighted by atomic mass is 16.5. The molecule has 0 aliphatic carbocycles. The van der Waals surface area contributed by atoms with Gasteiger partial charge in [-0.1, -0.05) is 0 Å². The van der Waals surface area contributed by atoms with Gasteiger partial charge in [-0.15, -0.1) is 10.2 Å². The van der Waals surface area contributed by atoms with Gasteiger partial charge in [0.2, 0.25) is 5.91 Å². The second kappa shape index (κ2) is 8.25. The maximum absolute atomic E-state index is 11.6. The van der Waals surface area contributed by atoms with Crippen LogP contribution in [0.5, 0.6) is 0 Å². The second-order valence-electron chi connectivity index (χ2n) is 7.38. The van der Waals surface area contributed by atoms with Crippen molar-refractivity contribution in [2.45, 2.75) is 52.5 Å². The van der Waals surface area contributed by atoms with Gasteiger partial charge in [0.1, 0.15) is 18.3 Å². The first-order valence-electron chi connectivity index (χ1n) is 8.78. The fourth-order valence-corrected chi connectivity index (χ4v) is 3.18. The summed E-state index contributed by atoms with van der Waals surface area (Å²) in [4.78, 5) is 15.5. The molecule has 1 aliphatic rings. The summed E-state index contributed by atoms with van der Waals surface area (Å²) in [5, 5.41) is 8.49. The summed E-state index contributed by atoms with van der Waals surface area (Å²) in [6.07, 6.45) is -0.0715. The lowest BCUT2D eigenvalue weighted by Gasteiger charge is -2.42. The van der Waals surface area contributed by atoms with Crippen molar-refractivity contribution in [3.05, 3.63) is 11.6 Å². The number of carbonyl (C=O) groups excluding carboxylic acids is 1. The van der Waals surface area contributed by atoms with Crippen LogP contribution >= 0.6 is 0 Å². The lowest BCUT2D eigenvalue weighted by molar-refractivity contribution is -0.161. The van der Waals surface area contributed by atoms with Crippen LogP contribution in [0.25, 0.3) is 0 Å². The summed E-state index contributed by atoms with van der Waals surface area (Å²) >= 11 is 0. The zero-order chi connectivity index (χ0) is 18.6. The van der Waals surface area contributed by atoms with Crippen molar-refractivity contribution in [2.24, 2.45) is 0 Å². The number of nitrogens with zero attached hydrogens (tertiary/aromatic N) is 5. The highest BCUT2D eigenvalue weighted by Gasteiger charge is 2.34. The Labute approximate surface area is 150 Å². The molecule has 2 heterocycles. The monoisotopic (exact) mass is 353 g/mol. The van der Waals surface area contributed by atoms with Crippen LogP contribution in [0.1, 0.15) is 32.4 Å². The topological polar surface area (TPSA) is 72.7 Å². The van der Waals surface area contributed by atoms with E-state index in [1.54, 1.807) is 14.1 Å². The van der Waals surface area contributed by atoms with E-state index in [2.05, 4.69) is 40.4 Å². The summed E-state index contributed by atoms with van der Waals surface area (Å²) < 4.78 is 13.8. The van der Waals surface area contributed by atoms with Crippen molar-refractivity contribution in [2.75, 3.05) is 40.4 Å². The van der Waals surface area contributed by atoms with E-state index in [1.165, 1.54) is 4.90 Å². The molecular weight excluding hydrogens is 322 g/mol. The van der Waals surface area contributed by atoms with E-state index in [9.17, 15) is 4.79 Å². The molecule has 1 atom stereocenters. The average Bonchev–Trinajstić information content (AvgIpc) is 2.85. The zero-order valence-corrected chi connectivity index (χ0v) is 16.3. The third kappa shape index (κ3) is 5.49. The van der Waals surface area contributed by atoms with Gasteiger partial charge >= 0.3 is 0 Å². The van der Waals surface area contributed by atoms with Crippen molar-refractivity contribution in [1.82, 2.24) is 24.6 Å². The summed E-state index contributed by atoms with van der Waals surface area (Å²) in [5.74, 6) is 1.87. The average molecular weight is 353 g/mol. The normalized spacial score (nSPS) is 20.6. The van der Waals surface area contributed by atoms with Gasteiger partial charge in [-0.2, -0.15) is 0 Å². The molecule has 8 nitrogen and oxygen atoms in total. The summed E-state index contributed by atoms with van der Waals surface area (Å²) in [6, 6.07) is 0. The Balaban J connectivity index is 1.94. The Hall–Kier alpha value is -1.51. The molecule has 0 bridgehead atoms. The van der Waals surface area contributed by atoms with Crippen LogP contribution in [0.4, 0.5) is 0 Å². The molecule has 0 saturated carbocycles. The van der Waals surface area contributed by atoms with E-state index < -0.39 is 0 Å². The van der Waals surface area contributed by atoms with Crippen molar-refractivity contribution in [3.63, 3.8) is 0 Å². The van der Waals surface area contributed by atoms with E-state index >= 15 is 0 Å². The minimum atomic E-state index is -0.274. The molecule has 8 heteroatoms. The third-order valence-corrected chi connectivity index (χ3v) is 4.27. The molecule has 1 amide bonds. The van der Waals surface area contributed by atoms with Crippen molar-refractivity contribution < 1.29 is 14.3 Å². The molecular formula is C17H31N5O3. The van der Waals surface area contributed by atoms with E-state index in [0.717, 1.165) is 37.8 Å². The van der Waals surface area contributed by atoms with Crippen LogP contribution in [0, 0.1) is 6.92 Å². The maximum Gasteiger partial charge on any atom is 0.248 e. The molecule has 0 radical (unpaired) electrons. The number of ether oxygens (including phenoxy) is 2. The Morgan fingerprint density at radius 2 is 2.12 bits per heavy atom. The van der Waals surface area contributed by atoms with Gasteiger partial charge in [-0.25, -0.2) is 0 Å². The van der Waals surface area contributed by atoms with Gasteiger partial charge in [0.25, 0.3) is 0 Å². The lowest BCUT2D eigenvalue weighted by Crippen LogP contribution is -2.53. The molecule has 1 aromatic heterocycles. The van der Waals surface area contributed by atoms with Crippen LogP contribution in [0.3, 0.4) is 0 Å². The van der Waals surface area contributed by atoms with Crippen LogP contribution < -0.4 is 0 Å². The van der Waals surface area contributed by atoms with Crippen LogP contribution in [0.2, 0.25) is 0 Å². The van der Waals surface area contributed by atoms with Gasteiger partial charge in [-0.3, -0.25) is 9.69 Å². The van der Waals surface area contributed by atoms with E-state index in [0.29, 0.717) is 6.61 Å². The largest absolute Gasteiger partial charge is 0.369 e. The van der Waals surface area contributed by atoms with E-state index in [4.69, 9.17) is 9.47 Å². The number of aryl methyl sites for hydroxylation is 1. The van der Waals surface area contributed by atoms with Gasteiger partial charge in [-0.05, 0) is 27.7 Å². The molecule has 1 aliphatic heterocycles. The molecule has 0 unspecified atom stereocenters. The highest BCUT2D eigenvalue weighted by molar-refractivity contribution is 5.76. The fourth-order valence-electron chi connectivity index (χ4n) is 3.18. The number of hydrogen-bond acceptors (Lipinski definition) is 6. The van der Waals surface area contributed by atoms with E-state index in [1.807, 2.05) is 6.92 Å². The smallest absolute Gasteiger partial charge is 0.248 e. The van der Waals surface area contributed by atoms with Gasteiger partial charge in [0, 0.05) is 33.7 Å². The molecule has 2 rings (SSSR count). The van der Waals surface area contributed by atoms with Crippen LogP contribution in [-0.2, 0) is 27.4 Å². The second-order valence-corrected chi connectivity index (χ2v) is 7.38. The number of aromatic nitrogens is 3. The number of morpholine rings is 1. The Kier molecular flexibility index (Phi) is 6.53. The quantitative estimate of drug-likeness (QED) is 0.718. The molecule has 1 aromatic rings. The maximum atomic E-state index is 11.6. The first-order valence-corrected chi connectivity index (χ1v) is 8.78. The minimum Gasteiger partial charge on any atom is -0.369 e. The van der Waals surface area contributed by atoms with Crippen LogP contribution in [0.15, 0.2) is 0 Å². The van der Waals surface area contributed by atoms with Gasteiger partial charge < -0.3 is 18.9 Å². The molecule has 0 aromatic carbocycles. The third-order valence-electron chi connectivity index (χ3n) is 4.27. The molecule has 1 fully saturated rings. The first-order chi connectivity index (χ1) is 11.7. The molecule has 0 N–H and O–H groups in total. The number of rotatable bonds is 7. The molecule has 25 heavy (non-hydrogen) atoms. The summed E-state index contributed by atoms with van der Waals surface area (Å²) in [5.41, 5.74) is -0.274. The van der Waals surface area contributed by atoms with Crippen molar-refractivity contribution in [3.8, 4) is 0 Å². The Morgan fingerprint density at radius 1 is 1.40 bits per heavy atom. The van der Waals surface area contributed by atoms with Crippen molar-refractivity contribution in [1.29, 1.82) is 0 Å². The lowest BCUT2D eigenvalue weighted by atomic mass is 10.1. The Bertz CT molecular complexity index is 585. The van der Waals surface area contributed by atoms with E-state index in [-0.39, 0.29) is 24.2 Å². The van der Waals surface area contributed by atoms with Gasteiger partial charge in [0.05, 0.1) is 24.9 Å². The Morgan fingerprint density at radius 3 is 2.76 bits per heavy atom. The summed E-state index contributed by atoms with van der Waals surface area (Å²) in [6.45, 7) is 11.9. The highest BCUT2D eigenvalue weighted by Crippen LogP contribution is 2.22. The fraction of sp³-hybridized carbons (Fsp3) is 0.824. The standard InChI is InChI=1S/C17H31N5O3/c1-7-22-13(2)18-19-15(22)9-21-8-14(25-17(3,4)12-21)10-24-11-16(23)20(5)6/h14H,7-12H2,1-6H3/t14-/m0/s1. The van der Waals surface area contributed by atoms with Crippen LogP contribution in [-0.4, -0.2) is 82.6 Å². The van der Waals surface area contributed by atoms with Gasteiger partial charge in [0.15, 0.2) is 0 Å². The number of amides is 1. The molecule has 142 valence electrons. The number of carbonyl (C=O) groups is 1. The minimum absolute atomic E-state index is 0.0431. The summed E-state index contributed by atoms with van der Waals surface area (Å²) in [7, 11) is 3.44. The zero-order valence-electron chi connectivity index (χ0n) is 16.3. The SMILES string of the molecule is CCn1c(C)nnc1CN1C[C@@H](COCC(=O)N(C)C)OC(C)(C)C1.